The van der Waals surface area contributed by atoms with Crippen molar-refractivity contribution in [2.75, 3.05) is 52.9 Å². The highest BCUT2D eigenvalue weighted by atomic mass is 16.5. The SMILES string of the molecule is C=C.C=C.C=C.OCCO.OCCOCCOCCO. The van der Waals surface area contributed by atoms with Gasteiger partial charge < -0.3 is 29.9 Å². The molecule has 0 aliphatic rings. The smallest absolute Gasteiger partial charge is 0.0701 e. The normalized spacial score (nSPS) is 7.20. The van der Waals surface area contributed by atoms with Crippen LogP contribution in [0.1, 0.15) is 0 Å². The molecule has 6 nitrogen and oxygen atoms in total. The first-order valence-corrected chi connectivity index (χ1v) is 5.92. The van der Waals surface area contributed by atoms with Crippen LogP contribution in [0.4, 0.5) is 0 Å². The van der Waals surface area contributed by atoms with Crippen LogP contribution in [0.25, 0.3) is 0 Å². The van der Waals surface area contributed by atoms with Crippen molar-refractivity contribution in [2.45, 2.75) is 0 Å². The largest absolute Gasteiger partial charge is 0.394 e. The molecule has 124 valence electrons. The summed E-state index contributed by atoms with van der Waals surface area (Å²) in [6, 6.07) is 0. The number of rotatable bonds is 8. The van der Waals surface area contributed by atoms with Crippen molar-refractivity contribution in [2.24, 2.45) is 0 Å². The molecule has 6 heteroatoms. The van der Waals surface area contributed by atoms with E-state index in [0.29, 0.717) is 26.4 Å². The summed E-state index contributed by atoms with van der Waals surface area (Å²) in [5.41, 5.74) is 0. The predicted molar refractivity (Wildman–Crippen MR) is 83.7 cm³/mol. The topological polar surface area (TPSA) is 99.4 Å². The molecule has 0 saturated carbocycles. The lowest BCUT2D eigenvalue weighted by Crippen LogP contribution is -2.09. The third kappa shape index (κ3) is 89.0. The Kier molecular flexibility index (Phi) is 101. The lowest BCUT2D eigenvalue weighted by atomic mass is 10.7. The van der Waals surface area contributed by atoms with Crippen molar-refractivity contribution in [1.29, 1.82) is 0 Å². The molecule has 0 aromatic heterocycles. The van der Waals surface area contributed by atoms with E-state index >= 15 is 0 Å². The van der Waals surface area contributed by atoms with E-state index in [1.54, 1.807) is 0 Å². The maximum absolute atomic E-state index is 8.26. The van der Waals surface area contributed by atoms with Crippen LogP contribution in [0.2, 0.25) is 0 Å². The van der Waals surface area contributed by atoms with Gasteiger partial charge >= 0.3 is 0 Å². The van der Waals surface area contributed by atoms with Crippen molar-refractivity contribution >= 4 is 0 Å². The summed E-state index contributed by atoms with van der Waals surface area (Å²) in [5, 5.41) is 31.8. The second kappa shape index (κ2) is 64.3. The molecule has 0 saturated heterocycles. The van der Waals surface area contributed by atoms with E-state index < -0.39 is 0 Å². The van der Waals surface area contributed by atoms with Gasteiger partial charge in [-0.1, -0.05) is 0 Å². The highest BCUT2D eigenvalue weighted by Crippen LogP contribution is 1.76. The highest BCUT2D eigenvalue weighted by molar-refractivity contribution is 4.30. The fourth-order valence-electron chi connectivity index (χ4n) is 0.451. The minimum Gasteiger partial charge on any atom is -0.394 e. The van der Waals surface area contributed by atoms with Crippen LogP contribution in [0.3, 0.4) is 0 Å². The van der Waals surface area contributed by atoms with Crippen LogP contribution in [0.5, 0.6) is 0 Å². The Morgan fingerprint density at radius 2 is 0.700 bits per heavy atom. The third-order valence-corrected chi connectivity index (χ3v) is 0.943. The van der Waals surface area contributed by atoms with Gasteiger partial charge in [-0.2, -0.15) is 0 Å². The number of aliphatic hydroxyl groups is 4. The molecule has 0 aliphatic carbocycles. The summed E-state index contributed by atoms with van der Waals surface area (Å²) in [5.74, 6) is 0. The lowest BCUT2D eigenvalue weighted by molar-refractivity contribution is 0.0222. The van der Waals surface area contributed by atoms with Crippen LogP contribution in [-0.2, 0) is 9.47 Å². The van der Waals surface area contributed by atoms with Crippen molar-refractivity contribution in [3.05, 3.63) is 39.5 Å². The van der Waals surface area contributed by atoms with Gasteiger partial charge in [0.2, 0.25) is 0 Å². The van der Waals surface area contributed by atoms with E-state index in [1.807, 2.05) is 0 Å². The zero-order chi connectivity index (χ0) is 17.1. The number of ether oxygens (including phenoxy) is 2. The average molecular weight is 296 g/mol. The molecule has 0 radical (unpaired) electrons. The van der Waals surface area contributed by atoms with Gasteiger partial charge in [0.25, 0.3) is 0 Å². The standard InChI is InChI=1S/C6H14O4.C2H6O2.3C2H4/c7-1-3-9-5-6-10-4-2-8;3-1-2-4;3*1-2/h7-8H,1-6H2;3-4H,1-2H2;3*1-2H2. The molecule has 0 fully saturated rings. The van der Waals surface area contributed by atoms with Crippen LogP contribution in [0.15, 0.2) is 39.5 Å². The van der Waals surface area contributed by atoms with Crippen molar-refractivity contribution in [3.63, 3.8) is 0 Å². The maximum atomic E-state index is 8.26. The van der Waals surface area contributed by atoms with E-state index in [9.17, 15) is 0 Å². The Labute approximate surface area is 123 Å². The summed E-state index contributed by atoms with van der Waals surface area (Å²) in [6.45, 7) is 19.5. The predicted octanol–water partition coefficient (Wildman–Crippen LogP) is 0.382. The molecule has 20 heavy (non-hydrogen) atoms. The zero-order valence-electron chi connectivity index (χ0n) is 12.5. The van der Waals surface area contributed by atoms with Gasteiger partial charge in [-0.25, -0.2) is 0 Å². The number of aliphatic hydroxyl groups excluding tert-OH is 4. The number of hydrogen-bond acceptors (Lipinski definition) is 6. The summed E-state index contributed by atoms with van der Waals surface area (Å²) in [6.07, 6.45) is 0. The highest BCUT2D eigenvalue weighted by Gasteiger charge is 1.86. The van der Waals surface area contributed by atoms with E-state index in [4.69, 9.17) is 29.9 Å². The second-order valence-corrected chi connectivity index (χ2v) is 2.12. The summed E-state index contributed by atoms with van der Waals surface area (Å²) in [4.78, 5) is 0. The van der Waals surface area contributed by atoms with E-state index in [2.05, 4.69) is 39.5 Å². The maximum Gasteiger partial charge on any atom is 0.0701 e. The summed E-state index contributed by atoms with van der Waals surface area (Å²) < 4.78 is 9.75. The van der Waals surface area contributed by atoms with Crippen LogP contribution >= 0.6 is 0 Å². The van der Waals surface area contributed by atoms with Gasteiger partial charge in [-0.3, -0.25) is 0 Å². The van der Waals surface area contributed by atoms with Crippen molar-refractivity contribution in [3.8, 4) is 0 Å². The fraction of sp³-hybridized carbons (Fsp3) is 0.571. The van der Waals surface area contributed by atoms with Crippen LogP contribution in [0, 0.1) is 0 Å². The molecule has 0 rings (SSSR count). The van der Waals surface area contributed by atoms with Crippen molar-refractivity contribution < 1.29 is 29.9 Å². The molecule has 4 N–H and O–H groups in total. The van der Waals surface area contributed by atoms with E-state index in [0.717, 1.165) is 0 Å². The quantitative estimate of drug-likeness (QED) is 0.382. The molecule has 0 atom stereocenters. The van der Waals surface area contributed by atoms with Gasteiger partial charge in [-0.15, -0.1) is 39.5 Å². The monoisotopic (exact) mass is 296 g/mol. The Hall–Kier alpha value is -1.02. The fourth-order valence-corrected chi connectivity index (χ4v) is 0.451. The minimum absolute atomic E-state index is 0.0417. The average Bonchev–Trinajstić information content (AvgIpc) is 2.57. The lowest BCUT2D eigenvalue weighted by Gasteiger charge is -2.01. The zero-order valence-corrected chi connectivity index (χ0v) is 12.5. The molecule has 0 aromatic rings. The van der Waals surface area contributed by atoms with Crippen LogP contribution in [-0.4, -0.2) is 73.3 Å². The Balaban J connectivity index is -0.0000000627. The van der Waals surface area contributed by atoms with Crippen molar-refractivity contribution in [1.82, 2.24) is 0 Å². The van der Waals surface area contributed by atoms with Gasteiger partial charge in [0.15, 0.2) is 0 Å². The molecular weight excluding hydrogens is 264 g/mol. The first kappa shape index (κ1) is 31.4. The Bertz CT molecular complexity index is 99.1. The summed E-state index contributed by atoms with van der Waals surface area (Å²) in [7, 11) is 0. The third-order valence-electron chi connectivity index (χ3n) is 0.943. The second-order valence-electron chi connectivity index (χ2n) is 2.12. The van der Waals surface area contributed by atoms with Gasteiger partial charge in [0.05, 0.1) is 52.9 Å². The Morgan fingerprint density at radius 3 is 0.850 bits per heavy atom. The number of hydrogen-bond donors (Lipinski definition) is 4. The Morgan fingerprint density at radius 1 is 0.450 bits per heavy atom. The van der Waals surface area contributed by atoms with E-state index in [1.165, 1.54) is 0 Å². The van der Waals surface area contributed by atoms with Gasteiger partial charge in [0, 0.05) is 0 Å². The molecule has 0 heterocycles. The first-order valence-electron chi connectivity index (χ1n) is 5.92. The van der Waals surface area contributed by atoms with Crippen LogP contribution < -0.4 is 0 Å². The molecule has 0 bridgehead atoms. The summed E-state index contributed by atoms with van der Waals surface area (Å²) >= 11 is 0. The van der Waals surface area contributed by atoms with E-state index in [-0.39, 0.29) is 26.4 Å². The molecular formula is C14H32O6. The van der Waals surface area contributed by atoms with Gasteiger partial charge in [0.1, 0.15) is 0 Å². The van der Waals surface area contributed by atoms with Gasteiger partial charge in [-0.05, 0) is 0 Å². The molecule has 0 amide bonds. The molecule has 0 unspecified atom stereocenters. The molecule has 0 aromatic carbocycles. The first-order chi connectivity index (χ1) is 9.83. The molecule has 0 spiro atoms. The minimum atomic E-state index is -0.125. The molecule has 0 aliphatic heterocycles.